The van der Waals surface area contributed by atoms with Crippen LogP contribution in [0.5, 0.6) is 11.5 Å². The number of aliphatic hydroxyl groups excluding tert-OH is 1. The topological polar surface area (TPSA) is 64.7 Å². The second kappa shape index (κ2) is 5.18. The Balaban J connectivity index is 2.26. The van der Waals surface area contributed by atoms with Gasteiger partial charge in [0.15, 0.2) is 11.5 Å². The van der Waals surface area contributed by atoms with Crippen molar-refractivity contribution in [2.24, 2.45) is 5.73 Å². The lowest BCUT2D eigenvalue weighted by Crippen LogP contribution is -2.16. The van der Waals surface area contributed by atoms with Crippen LogP contribution in [0.1, 0.15) is 17.9 Å². The zero-order valence-electron chi connectivity index (χ0n) is 9.19. The molecule has 4 heteroatoms. The lowest BCUT2D eigenvalue weighted by molar-refractivity contribution is 0.267. The van der Waals surface area contributed by atoms with Gasteiger partial charge >= 0.3 is 0 Å². The molecule has 0 saturated carbocycles. The molecule has 1 aliphatic heterocycles. The van der Waals surface area contributed by atoms with Gasteiger partial charge < -0.3 is 20.3 Å². The van der Waals surface area contributed by atoms with Crippen molar-refractivity contribution >= 4 is 0 Å². The van der Waals surface area contributed by atoms with E-state index in [1.54, 1.807) is 0 Å². The van der Waals surface area contributed by atoms with E-state index in [4.69, 9.17) is 15.2 Å². The fraction of sp³-hybridized carbons (Fsp3) is 0.500. The average molecular weight is 223 g/mol. The molecule has 0 bridgehead atoms. The van der Waals surface area contributed by atoms with Crippen LogP contribution < -0.4 is 15.2 Å². The maximum atomic E-state index is 9.19. The number of benzene rings is 1. The molecular weight excluding hydrogens is 206 g/mol. The van der Waals surface area contributed by atoms with Crippen molar-refractivity contribution in [2.45, 2.75) is 12.3 Å². The van der Waals surface area contributed by atoms with Crippen molar-refractivity contribution in [3.05, 3.63) is 23.8 Å². The zero-order valence-corrected chi connectivity index (χ0v) is 9.19. The van der Waals surface area contributed by atoms with E-state index in [-0.39, 0.29) is 12.5 Å². The molecule has 88 valence electrons. The summed E-state index contributed by atoms with van der Waals surface area (Å²) >= 11 is 0. The highest BCUT2D eigenvalue weighted by atomic mass is 16.5. The molecule has 1 aliphatic rings. The molecule has 0 fully saturated rings. The normalized spacial score (nSPS) is 16.6. The van der Waals surface area contributed by atoms with E-state index in [9.17, 15) is 5.11 Å². The van der Waals surface area contributed by atoms with Crippen molar-refractivity contribution < 1.29 is 14.6 Å². The number of nitrogens with two attached hydrogens (primary N) is 1. The predicted molar refractivity (Wildman–Crippen MR) is 60.9 cm³/mol. The van der Waals surface area contributed by atoms with Crippen LogP contribution in [-0.4, -0.2) is 31.5 Å². The summed E-state index contributed by atoms with van der Waals surface area (Å²) in [6.07, 6.45) is 0.893. The van der Waals surface area contributed by atoms with Crippen molar-refractivity contribution in [2.75, 3.05) is 26.4 Å². The SMILES string of the molecule is NCC(CO)c1ccc2c(c1)OCCCO2. The highest BCUT2D eigenvalue weighted by molar-refractivity contribution is 5.44. The van der Waals surface area contributed by atoms with Crippen LogP contribution >= 0.6 is 0 Å². The summed E-state index contributed by atoms with van der Waals surface area (Å²) in [4.78, 5) is 0. The second-order valence-electron chi connectivity index (χ2n) is 3.87. The van der Waals surface area contributed by atoms with Crippen LogP contribution in [0.15, 0.2) is 18.2 Å². The van der Waals surface area contributed by atoms with Crippen molar-refractivity contribution in [1.29, 1.82) is 0 Å². The molecule has 0 aliphatic carbocycles. The first kappa shape index (κ1) is 11.2. The molecule has 0 spiro atoms. The number of ether oxygens (including phenoxy) is 2. The van der Waals surface area contributed by atoms with Crippen LogP contribution in [0.2, 0.25) is 0 Å². The fourth-order valence-corrected chi connectivity index (χ4v) is 1.75. The van der Waals surface area contributed by atoms with E-state index in [2.05, 4.69) is 0 Å². The quantitative estimate of drug-likeness (QED) is 0.798. The van der Waals surface area contributed by atoms with Gasteiger partial charge in [-0.05, 0) is 17.7 Å². The molecule has 1 heterocycles. The van der Waals surface area contributed by atoms with Gasteiger partial charge in [-0.15, -0.1) is 0 Å². The average Bonchev–Trinajstić information content (AvgIpc) is 2.55. The molecule has 1 aromatic carbocycles. The molecular formula is C12H17NO3. The third kappa shape index (κ3) is 2.28. The first-order valence-electron chi connectivity index (χ1n) is 5.55. The molecule has 0 radical (unpaired) electrons. The van der Waals surface area contributed by atoms with Crippen molar-refractivity contribution in [3.8, 4) is 11.5 Å². The lowest BCUT2D eigenvalue weighted by Gasteiger charge is -2.14. The van der Waals surface area contributed by atoms with Crippen LogP contribution in [0, 0.1) is 0 Å². The van der Waals surface area contributed by atoms with E-state index in [1.165, 1.54) is 0 Å². The van der Waals surface area contributed by atoms with E-state index in [0.717, 1.165) is 23.5 Å². The Bertz CT molecular complexity index is 350. The Hall–Kier alpha value is -1.26. The smallest absolute Gasteiger partial charge is 0.161 e. The summed E-state index contributed by atoms with van der Waals surface area (Å²) in [6.45, 7) is 1.84. The Labute approximate surface area is 95.0 Å². The van der Waals surface area contributed by atoms with Crippen LogP contribution in [0.4, 0.5) is 0 Å². The third-order valence-electron chi connectivity index (χ3n) is 2.75. The first-order chi connectivity index (χ1) is 7.85. The maximum absolute atomic E-state index is 9.19. The van der Waals surface area contributed by atoms with E-state index in [1.807, 2.05) is 18.2 Å². The van der Waals surface area contributed by atoms with Gasteiger partial charge in [0, 0.05) is 18.9 Å². The number of aliphatic hydroxyl groups is 1. The summed E-state index contributed by atoms with van der Waals surface area (Å²) in [7, 11) is 0. The van der Waals surface area contributed by atoms with Gasteiger partial charge in [-0.1, -0.05) is 6.07 Å². The Kier molecular flexibility index (Phi) is 3.64. The molecule has 1 unspecified atom stereocenters. The number of rotatable bonds is 3. The number of fused-ring (bicyclic) bond motifs is 1. The van der Waals surface area contributed by atoms with Gasteiger partial charge in [-0.3, -0.25) is 0 Å². The molecule has 0 aromatic heterocycles. The summed E-state index contributed by atoms with van der Waals surface area (Å²) in [5.41, 5.74) is 6.58. The van der Waals surface area contributed by atoms with E-state index < -0.39 is 0 Å². The van der Waals surface area contributed by atoms with Crippen molar-refractivity contribution in [3.63, 3.8) is 0 Å². The molecule has 0 saturated heterocycles. The highest BCUT2D eigenvalue weighted by Gasteiger charge is 2.14. The molecule has 3 N–H and O–H groups in total. The molecule has 1 atom stereocenters. The molecule has 1 aromatic rings. The lowest BCUT2D eigenvalue weighted by atomic mass is 10.00. The van der Waals surface area contributed by atoms with Gasteiger partial charge in [-0.2, -0.15) is 0 Å². The van der Waals surface area contributed by atoms with Gasteiger partial charge in [-0.25, -0.2) is 0 Å². The third-order valence-corrected chi connectivity index (χ3v) is 2.75. The minimum atomic E-state index is -0.0304. The Morgan fingerprint density at radius 3 is 2.69 bits per heavy atom. The standard InChI is InChI=1S/C12H17NO3/c13-7-10(8-14)9-2-3-11-12(6-9)16-5-1-4-15-11/h2-3,6,10,14H,1,4-5,7-8,13H2. The predicted octanol–water partition coefficient (Wildman–Crippen LogP) is 0.882. The fourth-order valence-electron chi connectivity index (χ4n) is 1.75. The number of hydrogen-bond donors (Lipinski definition) is 2. The molecule has 2 rings (SSSR count). The minimum absolute atomic E-state index is 0.0304. The first-order valence-corrected chi connectivity index (χ1v) is 5.55. The zero-order chi connectivity index (χ0) is 11.4. The summed E-state index contributed by atoms with van der Waals surface area (Å²) in [5.74, 6) is 1.49. The van der Waals surface area contributed by atoms with Crippen LogP contribution in [0.25, 0.3) is 0 Å². The molecule has 4 nitrogen and oxygen atoms in total. The van der Waals surface area contributed by atoms with E-state index >= 15 is 0 Å². The van der Waals surface area contributed by atoms with Gasteiger partial charge in [0.05, 0.1) is 19.8 Å². The highest BCUT2D eigenvalue weighted by Crippen LogP contribution is 2.32. The van der Waals surface area contributed by atoms with Crippen LogP contribution in [-0.2, 0) is 0 Å². The van der Waals surface area contributed by atoms with Crippen molar-refractivity contribution in [1.82, 2.24) is 0 Å². The summed E-state index contributed by atoms with van der Waals surface area (Å²) < 4.78 is 11.1. The second-order valence-corrected chi connectivity index (χ2v) is 3.87. The maximum Gasteiger partial charge on any atom is 0.161 e. The van der Waals surface area contributed by atoms with Gasteiger partial charge in [0.1, 0.15) is 0 Å². The van der Waals surface area contributed by atoms with E-state index in [0.29, 0.717) is 19.8 Å². The minimum Gasteiger partial charge on any atom is -0.490 e. The molecule has 0 amide bonds. The van der Waals surface area contributed by atoms with Crippen LogP contribution in [0.3, 0.4) is 0 Å². The molecule has 16 heavy (non-hydrogen) atoms. The van der Waals surface area contributed by atoms with Gasteiger partial charge in [0.2, 0.25) is 0 Å². The number of hydrogen-bond acceptors (Lipinski definition) is 4. The Morgan fingerprint density at radius 2 is 2.00 bits per heavy atom. The summed E-state index contributed by atoms with van der Waals surface area (Å²) in [5, 5.41) is 9.19. The Morgan fingerprint density at radius 1 is 1.25 bits per heavy atom. The van der Waals surface area contributed by atoms with Gasteiger partial charge in [0.25, 0.3) is 0 Å². The monoisotopic (exact) mass is 223 g/mol. The largest absolute Gasteiger partial charge is 0.490 e. The summed E-state index contributed by atoms with van der Waals surface area (Å²) in [6, 6.07) is 5.73.